The summed E-state index contributed by atoms with van der Waals surface area (Å²) in [5, 5.41) is 3.07. The van der Waals surface area contributed by atoms with Crippen LogP contribution in [-0.2, 0) is 16.1 Å². The summed E-state index contributed by atoms with van der Waals surface area (Å²) >= 11 is 2.91. The number of methoxy groups -OCH3 is 1. The van der Waals surface area contributed by atoms with Gasteiger partial charge in [-0.2, -0.15) is 0 Å². The second-order valence-corrected chi connectivity index (χ2v) is 9.92. The third-order valence-corrected chi connectivity index (χ3v) is 7.52. The molecule has 0 atom stereocenters. The van der Waals surface area contributed by atoms with Gasteiger partial charge < -0.3 is 9.64 Å². The average Bonchev–Trinajstić information content (AvgIpc) is 3.36. The van der Waals surface area contributed by atoms with E-state index >= 15 is 0 Å². The predicted octanol–water partition coefficient (Wildman–Crippen LogP) is 4.83. The van der Waals surface area contributed by atoms with Gasteiger partial charge in [0.15, 0.2) is 5.16 Å². The summed E-state index contributed by atoms with van der Waals surface area (Å²) in [7, 11) is 1.63. The minimum absolute atomic E-state index is 0.0228. The number of hydrogen-bond acceptors (Lipinski definition) is 6. The van der Waals surface area contributed by atoms with Crippen molar-refractivity contribution in [3.63, 3.8) is 0 Å². The van der Waals surface area contributed by atoms with Gasteiger partial charge in [-0.15, -0.1) is 11.3 Å². The van der Waals surface area contributed by atoms with Crippen molar-refractivity contribution in [1.29, 1.82) is 0 Å². The second-order valence-electron chi connectivity index (χ2n) is 7.95. The van der Waals surface area contributed by atoms with Crippen LogP contribution in [0.5, 0.6) is 0 Å². The SMILES string of the molecule is COCCN(Cc1cccs1)C(=O)CSc1nc2ccccc2c(=O)n1-c1cccc(C)c1C. The summed E-state index contributed by atoms with van der Waals surface area (Å²) in [5.41, 5.74) is 3.37. The molecule has 0 fully saturated rings. The Labute approximate surface area is 207 Å². The molecule has 0 bridgehead atoms. The maximum atomic E-state index is 13.5. The Morgan fingerprint density at radius 1 is 1.12 bits per heavy atom. The lowest BCUT2D eigenvalue weighted by atomic mass is 10.1. The molecule has 0 radical (unpaired) electrons. The Balaban J connectivity index is 1.68. The van der Waals surface area contributed by atoms with Crippen molar-refractivity contribution >= 4 is 39.9 Å². The number of thiophene rings is 1. The molecule has 1 amide bonds. The van der Waals surface area contributed by atoms with Crippen LogP contribution < -0.4 is 5.56 Å². The van der Waals surface area contributed by atoms with E-state index in [0.29, 0.717) is 35.8 Å². The fourth-order valence-corrected chi connectivity index (χ4v) is 5.33. The summed E-state index contributed by atoms with van der Waals surface area (Å²) in [4.78, 5) is 34.4. The molecule has 0 aliphatic rings. The van der Waals surface area contributed by atoms with Gasteiger partial charge in [0, 0.05) is 18.5 Å². The van der Waals surface area contributed by atoms with Gasteiger partial charge >= 0.3 is 0 Å². The number of hydrogen-bond donors (Lipinski definition) is 0. The molecule has 0 aliphatic carbocycles. The van der Waals surface area contributed by atoms with Crippen LogP contribution in [0.15, 0.2) is 69.9 Å². The molecule has 0 unspecified atom stereocenters. The number of aryl methyl sites for hydroxylation is 1. The number of rotatable bonds is 9. The molecule has 2 aromatic carbocycles. The molecule has 4 rings (SSSR count). The van der Waals surface area contributed by atoms with Crippen LogP contribution >= 0.6 is 23.1 Å². The highest BCUT2D eigenvalue weighted by Gasteiger charge is 2.19. The number of carbonyl (C=O) groups excluding carboxylic acids is 1. The summed E-state index contributed by atoms with van der Waals surface area (Å²) in [6.45, 7) is 5.52. The van der Waals surface area contributed by atoms with Gasteiger partial charge in [0.05, 0.1) is 35.5 Å². The van der Waals surface area contributed by atoms with Crippen molar-refractivity contribution in [1.82, 2.24) is 14.5 Å². The maximum Gasteiger partial charge on any atom is 0.266 e. The molecule has 0 N–H and O–H groups in total. The van der Waals surface area contributed by atoms with Gasteiger partial charge in [-0.3, -0.25) is 14.2 Å². The van der Waals surface area contributed by atoms with E-state index in [-0.39, 0.29) is 17.2 Å². The zero-order chi connectivity index (χ0) is 24.1. The van der Waals surface area contributed by atoms with Crippen molar-refractivity contribution in [2.24, 2.45) is 0 Å². The van der Waals surface area contributed by atoms with E-state index in [1.54, 1.807) is 34.0 Å². The van der Waals surface area contributed by atoms with Crippen LogP contribution in [0.25, 0.3) is 16.6 Å². The van der Waals surface area contributed by atoms with Gasteiger partial charge in [-0.05, 0) is 54.6 Å². The molecule has 6 nitrogen and oxygen atoms in total. The standard InChI is InChI=1S/C26H27N3O3S2/c1-18-8-6-12-23(19(18)2)29-25(31)21-10-4-5-11-22(21)27-26(29)34-17-24(30)28(13-14-32-3)16-20-9-7-15-33-20/h4-12,15H,13-14,16-17H2,1-3H3. The van der Waals surface area contributed by atoms with Crippen LogP contribution in [0, 0.1) is 13.8 Å². The van der Waals surface area contributed by atoms with E-state index in [4.69, 9.17) is 9.72 Å². The monoisotopic (exact) mass is 493 g/mol. The predicted molar refractivity (Wildman–Crippen MR) is 139 cm³/mol. The number of aromatic nitrogens is 2. The van der Waals surface area contributed by atoms with Crippen molar-refractivity contribution < 1.29 is 9.53 Å². The lowest BCUT2D eigenvalue weighted by Crippen LogP contribution is -2.34. The van der Waals surface area contributed by atoms with E-state index in [9.17, 15) is 9.59 Å². The smallest absolute Gasteiger partial charge is 0.266 e. The van der Waals surface area contributed by atoms with Gasteiger partial charge in [0.2, 0.25) is 5.91 Å². The number of ether oxygens (including phenoxy) is 1. The first-order valence-corrected chi connectivity index (χ1v) is 12.9. The highest BCUT2D eigenvalue weighted by molar-refractivity contribution is 7.99. The Hall–Kier alpha value is -2.94. The van der Waals surface area contributed by atoms with Crippen LogP contribution in [0.1, 0.15) is 16.0 Å². The summed E-state index contributed by atoms with van der Waals surface area (Å²) in [6, 6.07) is 17.2. The number of carbonyl (C=O) groups is 1. The fourth-order valence-electron chi connectivity index (χ4n) is 3.70. The van der Waals surface area contributed by atoms with Crippen molar-refractivity contribution in [2.45, 2.75) is 25.5 Å². The minimum Gasteiger partial charge on any atom is -0.383 e. The molecule has 4 aromatic rings. The molecule has 0 saturated carbocycles. The number of fused-ring (bicyclic) bond motifs is 1. The number of amides is 1. The average molecular weight is 494 g/mol. The van der Waals surface area contributed by atoms with Crippen LogP contribution in [-0.4, -0.2) is 46.4 Å². The summed E-state index contributed by atoms with van der Waals surface area (Å²) in [6.07, 6.45) is 0. The molecule has 0 spiro atoms. The first kappa shape index (κ1) is 24.2. The molecule has 176 valence electrons. The molecular weight excluding hydrogens is 466 g/mol. The van der Waals surface area contributed by atoms with Crippen LogP contribution in [0.3, 0.4) is 0 Å². The van der Waals surface area contributed by atoms with Crippen molar-refractivity contribution in [3.05, 3.63) is 86.3 Å². The number of nitrogens with zero attached hydrogens (tertiary/aromatic N) is 3. The molecule has 2 aromatic heterocycles. The zero-order valence-corrected chi connectivity index (χ0v) is 21.1. The van der Waals surface area contributed by atoms with Gasteiger partial charge in [0.1, 0.15) is 0 Å². The highest BCUT2D eigenvalue weighted by atomic mass is 32.2. The quantitative estimate of drug-likeness (QED) is 0.247. The van der Waals surface area contributed by atoms with Crippen LogP contribution in [0.4, 0.5) is 0 Å². The zero-order valence-electron chi connectivity index (χ0n) is 19.5. The fraction of sp³-hybridized carbons (Fsp3) is 0.269. The molecular formula is C26H27N3O3S2. The van der Waals surface area contributed by atoms with Gasteiger partial charge in [-0.25, -0.2) is 4.98 Å². The summed E-state index contributed by atoms with van der Waals surface area (Å²) < 4.78 is 6.85. The lowest BCUT2D eigenvalue weighted by molar-refractivity contribution is -0.129. The Bertz CT molecular complexity index is 1350. The Morgan fingerprint density at radius 2 is 1.94 bits per heavy atom. The largest absolute Gasteiger partial charge is 0.383 e. The molecule has 8 heteroatoms. The van der Waals surface area contributed by atoms with Crippen molar-refractivity contribution in [3.8, 4) is 5.69 Å². The van der Waals surface area contributed by atoms with E-state index < -0.39 is 0 Å². The summed E-state index contributed by atoms with van der Waals surface area (Å²) in [5.74, 6) is 0.149. The Morgan fingerprint density at radius 3 is 2.71 bits per heavy atom. The molecule has 2 heterocycles. The van der Waals surface area contributed by atoms with Gasteiger partial charge in [0.25, 0.3) is 5.56 Å². The Kier molecular flexibility index (Phi) is 7.82. The van der Waals surface area contributed by atoms with E-state index in [1.807, 2.05) is 67.8 Å². The maximum absolute atomic E-state index is 13.5. The number of benzene rings is 2. The normalized spacial score (nSPS) is 11.1. The molecule has 34 heavy (non-hydrogen) atoms. The number of thioether (sulfide) groups is 1. The molecule has 0 aliphatic heterocycles. The van der Waals surface area contributed by atoms with E-state index in [2.05, 4.69) is 0 Å². The minimum atomic E-state index is -0.135. The topological polar surface area (TPSA) is 64.4 Å². The van der Waals surface area contributed by atoms with E-state index in [1.165, 1.54) is 11.8 Å². The highest BCUT2D eigenvalue weighted by Crippen LogP contribution is 2.25. The third kappa shape index (κ3) is 5.24. The van der Waals surface area contributed by atoms with E-state index in [0.717, 1.165) is 21.7 Å². The lowest BCUT2D eigenvalue weighted by Gasteiger charge is -2.22. The third-order valence-electron chi connectivity index (χ3n) is 5.73. The molecule has 0 saturated heterocycles. The first-order chi connectivity index (χ1) is 16.5. The van der Waals surface area contributed by atoms with Gasteiger partial charge in [-0.1, -0.05) is 42.1 Å². The van der Waals surface area contributed by atoms with Crippen molar-refractivity contribution in [2.75, 3.05) is 26.0 Å². The van der Waals surface area contributed by atoms with Crippen LogP contribution in [0.2, 0.25) is 0 Å². The number of para-hydroxylation sites is 1. The first-order valence-electron chi connectivity index (χ1n) is 11.0. The second kappa shape index (κ2) is 11.0.